The van der Waals surface area contributed by atoms with E-state index in [0.29, 0.717) is 6.07 Å². The van der Waals surface area contributed by atoms with Crippen LogP contribution in [-0.4, -0.2) is 8.42 Å². The van der Waals surface area contributed by atoms with Crippen LogP contribution in [0.4, 0.5) is 18.9 Å². The number of benzene rings is 2. The average Bonchev–Trinajstić information content (AvgIpc) is 2.40. The summed E-state index contributed by atoms with van der Waals surface area (Å²) in [6.45, 7) is 0. The minimum Gasteiger partial charge on any atom is -0.278 e. The molecular weight excluding hydrogens is 362 g/mol. The Balaban J connectivity index is 2.44. The molecule has 0 atom stereocenters. The lowest BCUT2D eigenvalue weighted by atomic mass is 10.2. The van der Waals surface area contributed by atoms with Gasteiger partial charge in [-0.3, -0.25) is 4.72 Å². The number of hydrogen-bond donors (Lipinski definition) is 1. The number of alkyl halides is 3. The number of halogens is 5. The first-order chi connectivity index (χ1) is 10.1. The highest BCUT2D eigenvalue weighted by Gasteiger charge is 2.31. The summed E-state index contributed by atoms with van der Waals surface area (Å²) in [5.74, 6) is 0. The predicted molar refractivity (Wildman–Crippen MR) is 78.7 cm³/mol. The Kier molecular flexibility index (Phi) is 4.60. The van der Waals surface area contributed by atoms with Crippen LogP contribution >= 0.6 is 23.2 Å². The van der Waals surface area contributed by atoms with Gasteiger partial charge >= 0.3 is 6.18 Å². The Bertz CT molecular complexity index is 807. The van der Waals surface area contributed by atoms with Crippen molar-refractivity contribution in [3.63, 3.8) is 0 Å². The molecule has 22 heavy (non-hydrogen) atoms. The molecule has 2 rings (SSSR count). The van der Waals surface area contributed by atoms with E-state index in [0.717, 1.165) is 12.1 Å². The lowest BCUT2D eigenvalue weighted by Crippen LogP contribution is -2.15. The van der Waals surface area contributed by atoms with E-state index in [1.165, 1.54) is 24.3 Å². The standard InChI is InChI=1S/C13H8Cl2F3NO2S/c14-9-6-5-8(13(16,17)18)7-11(9)19-22(20,21)12-4-2-1-3-10(12)15/h1-7,19H. The van der Waals surface area contributed by atoms with Gasteiger partial charge in [0.15, 0.2) is 0 Å². The van der Waals surface area contributed by atoms with E-state index in [1.54, 1.807) is 0 Å². The van der Waals surface area contributed by atoms with Crippen molar-refractivity contribution in [1.29, 1.82) is 0 Å². The Morgan fingerprint density at radius 1 is 0.955 bits per heavy atom. The van der Waals surface area contributed by atoms with Crippen LogP contribution in [-0.2, 0) is 16.2 Å². The Morgan fingerprint density at radius 3 is 2.18 bits per heavy atom. The van der Waals surface area contributed by atoms with Crippen molar-refractivity contribution in [3.8, 4) is 0 Å². The fourth-order valence-corrected chi connectivity index (χ4v) is 3.45. The van der Waals surface area contributed by atoms with Crippen LogP contribution < -0.4 is 4.72 Å². The monoisotopic (exact) mass is 369 g/mol. The molecule has 0 amide bonds. The van der Waals surface area contributed by atoms with E-state index in [2.05, 4.69) is 0 Å². The van der Waals surface area contributed by atoms with Crippen molar-refractivity contribution >= 4 is 38.9 Å². The first kappa shape index (κ1) is 16.9. The molecule has 0 spiro atoms. The lowest BCUT2D eigenvalue weighted by Gasteiger charge is -2.13. The van der Waals surface area contributed by atoms with Crippen LogP contribution in [0.3, 0.4) is 0 Å². The second kappa shape index (κ2) is 5.98. The van der Waals surface area contributed by atoms with Crippen LogP contribution in [0, 0.1) is 0 Å². The summed E-state index contributed by atoms with van der Waals surface area (Å²) in [6, 6.07) is 7.89. The fourth-order valence-electron chi connectivity index (χ4n) is 1.64. The van der Waals surface area contributed by atoms with E-state index in [1.807, 2.05) is 4.72 Å². The van der Waals surface area contributed by atoms with Crippen molar-refractivity contribution in [2.24, 2.45) is 0 Å². The van der Waals surface area contributed by atoms with Crippen molar-refractivity contribution in [2.45, 2.75) is 11.1 Å². The van der Waals surface area contributed by atoms with Gasteiger partial charge in [-0.25, -0.2) is 8.42 Å². The normalized spacial score (nSPS) is 12.2. The molecule has 0 radical (unpaired) electrons. The first-order valence-electron chi connectivity index (χ1n) is 5.75. The smallest absolute Gasteiger partial charge is 0.278 e. The number of hydrogen-bond acceptors (Lipinski definition) is 2. The van der Waals surface area contributed by atoms with Gasteiger partial charge in [-0.05, 0) is 30.3 Å². The highest BCUT2D eigenvalue weighted by molar-refractivity contribution is 7.92. The van der Waals surface area contributed by atoms with Crippen molar-refractivity contribution in [2.75, 3.05) is 4.72 Å². The van der Waals surface area contributed by atoms with E-state index in [-0.39, 0.29) is 20.6 Å². The zero-order chi connectivity index (χ0) is 16.5. The van der Waals surface area contributed by atoms with Crippen LogP contribution in [0.2, 0.25) is 10.0 Å². The third kappa shape index (κ3) is 3.66. The zero-order valence-corrected chi connectivity index (χ0v) is 13.0. The van der Waals surface area contributed by atoms with Gasteiger partial charge < -0.3 is 0 Å². The Morgan fingerprint density at radius 2 is 1.59 bits per heavy atom. The molecular formula is C13H8Cl2F3NO2S. The molecule has 0 aliphatic carbocycles. The average molecular weight is 370 g/mol. The topological polar surface area (TPSA) is 46.2 Å². The van der Waals surface area contributed by atoms with E-state index >= 15 is 0 Å². The third-order valence-electron chi connectivity index (χ3n) is 2.66. The number of anilines is 1. The summed E-state index contributed by atoms with van der Waals surface area (Å²) in [5.41, 5.74) is -1.40. The molecule has 1 N–H and O–H groups in total. The molecule has 2 aromatic carbocycles. The van der Waals surface area contributed by atoms with Gasteiger partial charge in [-0.1, -0.05) is 35.3 Å². The molecule has 0 heterocycles. The van der Waals surface area contributed by atoms with Gasteiger partial charge in [0.05, 0.1) is 21.3 Å². The van der Waals surface area contributed by atoms with Gasteiger partial charge in [-0.15, -0.1) is 0 Å². The third-order valence-corrected chi connectivity index (χ3v) is 4.86. The fraction of sp³-hybridized carbons (Fsp3) is 0.0769. The van der Waals surface area contributed by atoms with Crippen molar-refractivity contribution in [1.82, 2.24) is 0 Å². The van der Waals surface area contributed by atoms with Crippen molar-refractivity contribution < 1.29 is 21.6 Å². The maximum Gasteiger partial charge on any atom is 0.416 e. The highest BCUT2D eigenvalue weighted by atomic mass is 35.5. The molecule has 9 heteroatoms. The van der Waals surface area contributed by atoms with E-state index in [4.69, 9.17) is 23.2 Å². The second-order valence-electron chi connectivity index (χ2n) is 4.23. The number of rotatable bonds is 3. The lowest BCUT2D eigenvalue weighted by molar-refractivity contribution is -0.137. The molecule has 0 aliphatic rings. The van der Waals surface area contributed by atoms with Crippen LogP contribution in [0.25, 0.3) is 0 Å². The minimum atomic E-state index is -4.62. The van der Waals surface area contributed by atoms with Crippen molar-refractivity contribution in [3.05, 3.63) is 58.1 Å². The molecule has 0 bridgehead atoms. The van der Waals surface area contributed by atoms with Gasteiger partial charge in [0.25, 0.3) is 10.0 Å². The summed E-state index contributed by atoms with van der Waals surface area (Å²) in [5, 5.41) is -0.221. The molecule has 0 saturated carbocycles. The minimum absolute atomic E-state index is 0.0573. The number of nitrogens with one attached hydrogen (secondary N) is 1. The molecule has 2 aromatic rings. The molecule has 0 aliphatic heterocycles. The molecule has 118 valence electrons. The quantitative estimate of drug-likeness (QED) is 0.843. The first-order valence-corrected chi connectivity index (χ1v) is 7.99. The molecule has 0 saturated heterocycles. The maximum absolute atomic E-state index is 12.7. The Hall–Kier alpha value is -1.44. The van der Waals surface area contributed by atoms with E-state index < -0.39 is 21.8 Å². The van der Waals surface area contributed by atoms with E-state index in [9.17, 15) is 21.6 Å². The maximum atomic E-state index is 12.7. The predicted octanol–water partition coefficient (Wildman–Crippen LogP) is 4.81. The van der Waals surface area contributed by atoms with Crippen LogP contribution in [0.5, 0.6) is 0 Å². The van der Waals surface area contributed by atoms with Gasteiger partial charge in [0, 0.05) is 0 Å². The van der Waals surface area contributed by atoms with Gasteiger partial charge in [0.1, 0.15) is 4.90 Å². The van der Waals surface area contributed by atoms with Gasteiger partial charge in [-0.2, -0.15) is 13.2 Å². The molecule has 0 unspecified atom stereocenters. The second-order valence-corrected chi connectivity index (χ2v) is 6.69. The summed E-state index contributed by atoms with van der Waals surface area (Å²) in [7, 11) is -4.16. The number of sulfonamides is 1. The molecule has 0 aromatic heterocycles. The van der Waals surface area contributed by atoms with Crippen LogP contribution in [0.15, 0.2) is 47.4 Å². The largest absolute Gasteiger partial charge is 0.416 e. The van der Waals surface area contributed by atoms with Gasteiger partial charge in [0.2, 0.25) is 0 Å². The summed E-state index contributed by atoms with van der Waals surface area (Å²) in [6.07, 6.45) is -4.62. The molecule has 0 fully saturated rings. The van der Waals surface area contributed by atoms with Crippen LogP contribution in [0.1, 0.15) is 5.56 Å². The summed E-state index contributed by atoms with van der Waals surface area (Å²) < 4.78 is 64.4. The summed E-state index contributed by atoms with van der Waals surface area (Å²) in [4.78, 5) is -0.259. The SMILES string of the molecule is O=S(=O)(Nc1cc(C(F)(F)F)ccc1Cl)c1ccccc1Cl. The zero-order valence-electron chi connectivity index (χ0n) is 10.7. The Labute approximate surface area is 134 Å². The highest BCUT2D eigenvalue weighted by Crippen LogP contribution is 2.35. The molecule has 3 nitrogen and oxygen atoms in total. The summed E-state index contributed by atoms with van der Waals surface area (Å²) >= 11 is 11.5.